The highest BCUT2D eigenvalue weighted by atomic mass is 35.5. The Labute approximate surface area is 118 Å². The van der Waals surface area contributed by atoms with Crippen molar-refractivity contribution in [2.45, 2.75) is 26.2 Å². The Morgan fingerprint density at radius 1 is 1.11 bits per heavy atom. The third kappa shape index (κ3) is 3.83. The molecule has 1 N–H and O–H groups in total. The van der Waals surface area contributed by atoms with Gasteiger partial charge in [0.25, 0.3) is 0 Å². The van der Waals surface area contributed by atoms with E-state index in [1.807, 2.05) is 0 Å². The summed E-state index contributed by atoms with van der Waals surface area (Å²) in [5.74, 6) is 1.05. The van der Waals surface area contributed by atoms with Crippen LogP contribution in [0.4, 0.5) is 0 Å². The van der Waals surface area contributed by atoms with Gasteiger partial charge in [-0.25, -0.2) is 0 Å². The smallest absolute Gasteiger partial charge is 0.0110 e. The molecule has 2 heterocycles. The van der Waals surface area contributed by atoms with Crippen LogP contribution in [0.5, 0.6) is 0 Å². The molecule has 4 heteroatoms. The van der Waals surface area contributed by atoms with E-state index >= 15 is 0 Å². The van der Waals surface area contributed by atoms with Gasteiger partial charge in [-0.15, -0.1) is 12.4 Å². The third-order valence-electron chi connectivity index (χ3n) is 4.74. The standard InChI is InChI=1S/C14H27N3.ClH/c1-14(4-5-15-11-14)12-17-8-6-16(7-9-17)10-13-2-3-13;/h13,15H,2-12H2,1H3;1H. The lowest BCUT2D eigenvalue weighted by atomic mass is 9.89. The highest BCUT2D eigenvalue weighted by Gasteiger charge is 2.32. The van der Waals surface area contributed by atoms with E-state index in [0.717, 1.165) is 5.92 Å². The quantitative estimate of drug-likeness (QED) is 0.836. The first-order valence-corrected chi connectivity index (χ1v) is 7.39. The molecule has 3 rings (SSSR count). The molecule has 2 aliphatic heterocycles. The molecule has 0 bridgehead atoms. The topological polar surface area (TPSA) is 18.5 Å². The molecule has 3 fully saturated rings. The van der Waals surface area contributed by atoms with Crippen LogP contribution in [-0.4, -0.2) is 62.2 Å². The Morgan fingerprint density at radius 2 is 1.78 bits per heavy atom. The van der Waals surface area contributed by atoms with Crippen LogP contribution in [0.25, 0.3) is 0 Å². The van der Waals surface area contributed by atoms with Gasteiger partial charge in [0.2, 0.25) is 0 Å². The summed E-state index contributed by atoms with van der Waals surface area (Å²) in [5.41, 5.74) is 0.540. The number of rotatable bonds is 4. The van der Waals surface area contributed by atoms with Crippen molar-refractivity contribution in [2.24, 2.45) is 11.3 Å². The van der Waals surface area contributed by atoms with Gasteiger partial charge in [-0.05, 0) is 37.1 Å². The van der Waals surface area contributed by atoms with Crippen molar-refractivity contribution in [3.63, 3.8) is 0 Å². The summed E-state index contributed by atoms with van der Waals surface area (Å²) in [7, 11) is 0. The fraction of sp³-hybridized carbons (Fsp3) is 1.00. The van der Waals surface area contributed by atoms with Crippen LogP contribution in [0, 0.1) is 11.3 Å². The molecular formula is C14H28ClN3. The molecule has 1 aliphatic carbocycles. The summed E-state index contributed by atoms with van der Waals surface area (Å²) in [6, 6.07) is 0. The monoisotopic (exact) mass is 273 g/mol. The van der Waals surface area contributed by atoms with Gasteiger partial charge in [-0.2, -0.15) is 0 Å². The Kier molecular flexibility index (Phi) is 4.92. The molecule has 0 spiro atoms. The average Bonchev–Trinajstić information content (AvgIpc) is 3.03. The van der Waals surface area contributed by atoms with Crippen LogP contribution in [-0.2, 0) is 0 Å². The highest BCUT2D eigenvalue weighted by Crippen LogP contribution is 2.30. The molecule has 106 valence electrons. The van der Waals surface area contributed by atoms with Crippen molar-refractivity contribution < 1.29 is 0 Å². The summed E-state index contributed by atoms with van der Waals surface area (Å²) in [5, 5.41) is 3.51. The van der Waals surface area contributed by atoms with Gasteiger partial charge in [0.15, 0.2) is 0 Å². The molecule has 0 aromatic heterocycles. The zero-order chi connectivity index (χ0) is 11.7. The predicted octanol–water partition coefficient (Wildman–Crippen LogP) is 1.44. The average molecular weight is 274 g/mol. The minimum atomic E-state index is 0. The Bertz CT molecular complexity index is 254. The molecule has 0 amide bonds. The van der Waals surface area contributed by atoms with Crippen LogP contribution >= 0.6 is 12.4 Å². The van der Waals surface area contributed by atoms with Gasteiger partial charge >= 0.3 is 0 Å². The van der Waals surface area contributed by atoms with Gasteiger partial charge in [0.05, 0.1) is 0 Å². The van der Waals surface area contributed by atoms with E-state index in [2.05, 4.69) is 22.0 Å². The van der Waals surface area contributed by atoms with Crippen molar-refractivity contribution in [1.29, 1.82) is 0 Å². The second kappa shape index (κ2) is 6.08. The van der Waals surface area contributed by atoms with Crippen molar-refractivity contribution >= 4 is 12.4 Å². The summed E-state index contributed by atoms with van der Waals surface area (Å²) in [4.78, 5) is 5.37. The van der Waals surface area contributed by atoms with E-state index in [4.69, 9.17) is 0 Å². The lowest BCUT2D eigenvalue weighted by Crippen LogP contribution is -2.50. The zero-order valence-electron chi connectivity index (χ0n) is 11.7. The van der Waals surface area contributed by atoms with Gasteiger partial charge in [-0.1, -0.05) is 6.92 Å². The zero-order valence-corrected chi connectivity index (χ0v) is 12.5. The van der Waals surface area contributed by atoms with E-state index in [-0.39, 0.29) is 12.4 Å². The van der Waals surface area contributed by atoms with Gasteiger partial charge in [0.1, 0.15) is 0 Å². The Balaban J connectivity index is 0.00000120. The van der Waals surface area contributed by atoms with Crippen molar-refractivity contribution in [2.75, 3.05) is 52.4 Å². The van der Waals surface area contributed by atoms with E-state index < -0.39 is 0 Å². The summed E-state index contributed by atoms with van der Waals surface area (Å²) >= 11 is 0. The van der Waals surface area contributed by atoms with E-state index in [0.29, 0.717) is 5.41 Å². The maximum absolute atomic E-state index is 3.51. The fourth-order valence-electron chi connectivity index (χ4n) is 3.34. The fourth-order valence-corrected chi connectivity index (χ4v) is 3.34. The first-order chi connectivity index (χ1) is 8.23. The second-order valence-corrected chi connectivity index (χ2v) is 6.76. The normalized spacial score (nSPS) is 34.5. The second-order valence-electron chi connectivity index (χ2n) is 6.76. The summed E-state index contributed by atoms with van der Waals surface area (Å²) < 4.78 is 0. The van der Waals surface area contributed by atoms with E-state index in [9.17, 15) is 0 Å². The molecule has 3 nitrogen and oxygen atoms in total. The molecule has 0 aromatic rings. The van der Waals surface area contributed by atoms with Gasteiger partial charge < -0.3 is 15.1 Å². The van der Waals surface area contributed by atoms with Crippen LogP contribution in [0.3, 0.4) is 0 Å². The number of nitrogens with one attached hydrogen (secondary N) is 1. The molecule has 2 saturated heterocycles. The highest BCUT2D eigenvalue weighted by molar-refractivity contribution is 5.85. The first kappa shape index (κ1) is 14.6. The summed E-state index contributed by atoms with van der Waals surface area (Å²) in [6.45, 7) is 12.8. The molecule has 18 heavy (non-hydrogen) atoms. The molecule has 0 radical (unpaired) electrons. The molecule has 1 atom stereocenters. The lowest BCUT2D eigenvalue weighted by molar-refractivity contribution is 0.0946. The van der Waals surface area contributed by atoms with Crippen molar-refractivity contribution in [3.8, 4) is 0 Å². The van der Waals surface area contributed by atoms with E-state index in [1.165, 1.54) is 71.6 Å². The van der Waals surface area contributed by atoms with Crippen LogP contribution < -0.4 is 5.32 Å². The van der Waals surface area contributed by atoms with Crippen LogP contribution in [0.15, 0.2) is 0 Å². The van der Waals surface area contributed by atoms with Crippen molar-refractivity contribution in [3.05, 3.63) is 0 Å². The molecule has 1 saturated carbocycles. The Hall–Kier alpha value is 0.170. The molecule has 3 aliphatic rings. The lowest BCUT2D eigenvalue weighted by Gasteiger charge is -2.38. The number of nitrogens with zero attached hydrogens (tertiary/aromatic N) is 2. The SMILES string of the molecule is CC1(CN2CCN(CC3CC3)CC2)CCNC1.Cl. The number of piperazine rings is 1. The minimum absolute atomic E-state index is 0. The maximum atomic E-state index is 3.51. The maximum Gasteiger partial charge on any atom is 0.0110 e. The minimum Gasteiger partial charge on any atom is -0.316 e. The predicted molar refractivity (Wildman–Crippen MR) is 78.4 cm³/mol. The number of halogens is 1. The van der Waals surface area contributed by atoms with E-state index in [1.54, 1.807) is 0 Å². The largest absolute Gasteiger partial charge is 0.316 e. The molecular weight excluding hydrogens is 246 g/mol. The van der Waals surface area contributed by atoms with Gasteiger partial charge in [-0.3, -0.25) is 0 Å². The molecule has 1 unspecified atom stereocenters. The van der Waals surface area contributed by atoms with Crippen molar-refractivity contribution in [1.82, 2.24) is 15.1 Å². The molecule has 0 aromatic carbocycles. The number of hydrogen-bond acceptors (Lipinski definition) is 3. The van der Waals surface area contributed by atoms with Gasteiger partial charge in [0, 0.05) is 45.8 Å². The number of hydrogen-bond donors (Lipinski definition) is 1. The summed E-state index contributed by atoms with van der Waals surface area (Å²) in [6.07, 6.45) is 4.34. The Morgan fingerprint density at radius 3 is 2.33 bits per heavy atom. The third-order valence-corrected chi connectivity index (χ3v) is 4.74. The van der Waals surface area contributed by atoms with Crippen LogP contribution in [0.2, 0.25) is 0 Å². The first-order valence-electron chi connectivity index (χ1n) is 7.39. The van der Waals surface area contributed by atoms with Crippen LogP contribution in [0.1, 0.15) is 26.2 Å².